The quantitative estimate of drug-likeness (QED) is 0.874. The van der Waals surface area contributed by atoms with Crippen molar-refractivity contribution in [1.29, 1.82) is 0 Å². The monoisotopic (exact) mass is 257 g/mol. The van der Waals surface area contributed by atoms with Crippen LogP contribution in [0.15, 0.2) is 18.3 Å². The highest BCUT2D eigenvalue weighted by Gasteiger charge is 2.47. The zero-order valence-corrected chi connectivity index (χ0v) is 11.4. The van der Waals surface area contributed by atoms with E-state index in [9.17, 15) is 0 Å². The van der Waals surface area contributed by atoms with Gasteiger partial charge < -0.3 is 11.1 Å². The molecule has 0 aromatic carbocycles. The summed E-state index contributed by atoms with van der Waals surface area (Å²) >= 11 is 0. The first kappa shape index (κ1) is 11.6. The van der Waals surface area contributed by atoms with Crippen LogP contribution in [0.2, 0.25) is 0 Å². The second-order valence-corrected chi connectivity index (χ2v) is 6.95. The molecule has 0 unspecified atom stereocenters. The van der Waals surface area contributed by atoms with Crippen molar-refractivity contribution in [3.8, 4) is 0 Å². The number of nitrogens with zero attached hydrogens (tertiary/aromatic N) is 1. The van der Waals surface area contributed by atoms with Crippen molar-refractivity contribution in [3.63, 3.8) is 0 Å². The van der Waals surface area contributed by atoms with E-state index in [2.05, 4.69) is 10.3 Å². The molecule has 4 aliphatic carbocycles. The maximum atomic E-state index is 5.80. The van der Waals surface area contributed by atoms with Crippen LogP contribution in [0.4, 0.5) is 11.5 Å². The number of aromatic nitrogens is 1. The summed E-state index contributed by atoms with van der Waals surface area (Å²) in [6, 6.07) is 3.78. The first-order chi connectivity index (χ1) is 9.28. The number of pyridine rings is 1. The summed E-state index contributed by atoms with van der Waals surface area (Å²) in [7, 11) is 0. The molecule has 3 N–H and O–H groups in total. The number of hydrogen-bond donors (Lipinski definition) is 2. The third-order valence-corrected chi connectivity index (χ3v) is 5.72. The van der Waals surface area contributed by atoms with Crippen LogP contribution in [0, 0.1) is 29.6 Å². The van der Waals surface area contributed by atoms with Crippen LogP contribution in [-0.4, -0.2) is 11.5 Å². The van der Waals surface area contributed by atoms with Gasteiger partial charge in [0.05, 0.1) is 0 Å². The molecule has 4 saturated carbocycles. The Hall–Kier alpha value is -1.25. The molecule has 3 heteroatoms. The fourth-order valence-electron chi connectivity index (χ4n) is 5.14. The van der Waals surface area contributed by atoms with E-state index in [-0.39, 0.29) is 0 Å². The third kappa shape index (κ3) is 2.09. The molecule has 4 fully saturated rings. The van der Waals surface area contributed by atoms with E-state index in [1.807, 2.05) is 12.1 Å². The molecule has 5 rings (SSSR count). The second kappa shape index (κ2) is 4.39. The van der Waals surface area contributed by atoms with E-state index < -0.39 is 0 Å². The Bertz CT molecular complexity index is 443. The Morgan fingerprint density at radius 1 is 1.11 bits per heavy atom. The van der Waals surface area contributed by atoms with Gasteiger partial charge in [-0.25, -0.2) is 4.98 Å². The van der Waals surface area contributed by atoms with Gasteiger partial charge in [-0.2, -0.15) is 0 Å². The average molecular weight is 257 g/mol. The highest BCUT2D eigenvalue weighted by Crippen LogP contribution is 2.56. The topological polar surface area (TPSA) is 50.9 Å². The molecule has 1 aromatic rings. The number of rotatable bonds is 3. The van der Waals surface area contributed by atoms with Crippen molar-refractivity contribution in [3.05, 3.63) is 18.3 Å². The molecule has 0 atom stereocenters. The number of hydrogen-bond acceptors (Lipinski definition) is 3. The van der Waals surface area contributed by atoms with Gasteiger partial charge in [0.25, 0.3) is 0 Å². The molecule has 4 aliphatic rings. The molecular formula is C16H23N3. The number of nitrogen functional groups attached to an aromatic ring is 1. The summed E-state index contributed by atoms with van der Waals surface area (Å²) in [6.07, 6.45) is 9.28. The van der Waals surface area contributed by atoms with Crippen LogP contribution in [0.25, 0.3) is 0 Å². The van der Waals surface area contributed by atoms with Crippen molar-refractivity contribution in [2.45, 2.75) is 32.1 Å². The van der Waals surface area contributed by atoms with Crippen LogP contribution in [-0.2, 0) is 0 Å². The highest BCUT2D eigenvalue weighted by atomic mass is 15.0. The predicted octanol–water partition coefficient (Wildman–Crippen LogP) is 3.15. The van der Waals surface area contributed by atoms with Gasteiger partial charge in [0, 0.05) is 24.5 Å². The minimum Gasteiger partial charge on any atom is -0.399 e. The first-order valence-electron chi connectivity index (χ1n) is 7.73. The van der Waals surface area contributed by atoms with Crippen molar-refractivity contribution >= 4 is 11.5 Å². The minimum atomic E-state index is 0.794. The van der Waals surface area contributed by atoms with E-state index in [1.54, 1.807) is 6.20 Å². The van der Waals surface area contributed by atoms with Gasteiger partial charge in [-0.1, -0.05) is 0 Å². The van der Waals surface area contributed by atoms with Gasteiger partial charge in [-0.3, -0.25) is 0 Å². The lowest BCUT2D eigenvalue weighted by Gasteiger charge is -2.54. The molecule has 0 aliphatic heterocycles. The average Bonchev–Trinajstić information content (AvgIpc) is 2.37. The van der Waals surface area contributed by atoms with Crippen molar-refractivity contribution in [1.82, 2.24) is 4.98 Å². The Labute approximate surface area is 115 Å². The standard InChI is InChI=1S/C16H23N3/c17-14-1-2-18-16(8-14)19-9-15-12-4-10-3-11(6-12)7-13(15)5-10/h1-2,8,10-13,15H,3-7,9H2,(H3,17,18,19). The normalized spacial score (nSPS) is 39.5. The summed E-state index contributed by atoms with van der Waals surface area (Å²) < 4.78 is 0. The largest absolute Gasteiger partial charge is 0.399 e. The van der Waals surface area contributed by atoms with Crippen LogP contribution < -0.4 is 11.1 Å². The molecule has 0 spiro atoms. The van der Waals surface area contributed by atoms with Crippen LogP contribution >= 0.6 is 0 Å². The van der Waals surface area contributed by atoms with Gasteiger partial charge in [0.15, 0.2) is 0 Å². The molecule has 0 saturated heterocycles. The van der Waals surface area contributed by atoms with Gasteiger partial charge in [-0.05, 0) is 67.8 Å². The molecule has 19 heavy (non-hydrogen) atoms. The van der Waals surface area contributed by atoms with Crippen LogP contribution in [0.1, 0.15) is 32.1 Å². The molecule has 0 amide bonds. The van der Waals surface area contributed by atoms with Gasteiger partial charge in [0.1, 0.15) is 5.82 Å². The Morgan fingerprint density at radius 3 is 2.42 bits per heavy atom. The summed E-state index contributed by atoms with van der Waals surface area (Å²) in [5, 5.41) is 3.52. The van der Waals surface area contributed by atoms with Gasteiger partial charge in [-0.15, -0.1) is 0 Å². The van der Waals surface area contributed by atoms with E-state index in [0.29, 0.717) is 0 Å². The molecule has 3 nitrogen and oxygen atoms in total. The Balaban J connectivity index is 1.43. The lowest BCUT2D eigenvalue weighted by atomic mass is 9.52. The maximum Gasteiger partial charge on any atom is 0.127 e. The number of nitrogens with one attached hydrogen (secondary N) is 1. The van der Waals surface area contributed by atoms with Gasteiger partial charge in [0.2, 0.25) is 0 Å². The van der Waals surface area contributed by atoms with Crippen LogP contribution in [0.5, 0.6) is 0 Å². The third-order valence-electron chi connectivity index (χ3n) is 5.72. The van der Waals surface area contributed by atoms with E-state index in [4.69, 9.17) is 5.73 Å². The predicted molar refractivity (Wildman–Crippen MR) is 77.7 cm³/mol. The SMILES string of the molecule is Nc1ccnc(NCC2C3CC4CC(C3)CC2C4)c1. The molecule has 102 valence electrons. The first-order valence-corrected chi connectivity index (χ1v) is 7.73. The maximum absolute atomic E-state index is 5.80. The van der Waals surface area contributed by atoms with E-state index in [0.717, 1.165) is 47.6 Å². The van der Waals surface area contributed by atoms with Gasteiger partial charge >= 0.3 is 0 Å². The smallest absolute Gasteiger partial charge is 0.127 e. The molecular weight excluding hydrogens is 234 g/mol. The number of nitrogens with two attached hydrogens (primary N) is 1. The zero-order chi connectivity index (χ0) is 12.8. The summed E-state index contributed by atoms with van der Waals surface area (Å²) in [5.74, 6) is 5.88. The minimum absolute atomic E-state index is 0.794. The zero-order valence-electron chi connectivity index (χ0n) is 11.4. The Kier molecular flexibility index (Phi) is 2.68. The molecule has 0 radical (unpaired) electrons. The molecule has 1 heterocycles. The fraction of sp³-hybridized carbons (Fsp3) is 0.688. The second-order valence-electron chi connectivity index (χ2n) is 6.95. The lowest BCUT2D eigenvalue weighted by Crippen LogP contribution is -2.47. The summed E-state index contributed by atoms with van der Waals surface area (Å²) in [6.45, 7) is 1.09. The fourth-order valence-corrected chi connectivity index (χ4v) is 5.14. The molecule has 1 aromatic heterocycles. The highest BCUT2D eigenvalue weighted by molar-refractivity contribution is 5.48. The van der Waals surface area contributed by atoms with Crippen molar-refractivity contribution in [2.75, 3.05) is 17.6 Å². The Morgan fingerprint density at radius 2 is 1.79 bits per heavy atom. The molecule has 4 bridgehead atoms. The van der Waals surface area contributed by atoms with Crippen LogP contribution in [0.3, 0.4) is 0 Å². The van der Waals surface area contributed by atoms with E-state index >= 15 is 0 Å². The van der Waals surface area contributed by atoms with Crippen molar-refractivity contribution in [2.24, 2.45) is 29.6 Å². The lowest BCUT2D eigenvalue weighted by molar-refractivity contribution is -0.0305. The number of anilines is 2. The summed E-state index contributed by atoms with van der Waals surface area (Å²) in [4.78, 5) is 4.35. The summed E-state index contributed by atoms with van der Waals surface area (Å²) in [5.41, 5.74) is 6.60. The van der Waals surface area contributed by atoms with E-state index in [1.165, 1.54) is 32.1 Å². The van der Waals surface area contributed by atoms with Crippen molar-refractivity contribution < 1.29 is 0 Å².